The number of likely N-dealkylation sites (tertiary alicyclic amines) is 1. The Kier molecular flexibility index (Phi) is 5.67. The van der Waals surface area contributed by atoms with Gasteiger partial charge >= 0.3 is 0 Å². The topological polar surface area (TPSA) is 105 Å². The first-order chi connectivity index (χ1) is 14.5. The number of hydrogen-bond donors (Lipinski definition) is 1. The largest absolute Gasteiger partial charge is 0.456 e. The molecule has 1 aliphatic rings. The minimum absolute atomic E-state index is 0.0743. The van der Waals surface area contributed by atoms with Gasteiger partial charge in [0.15, 0.2) is 5.76 Å². The van der Waals surface area contributed by atoms with Crippen LogP contribution in [0.2, 0.25) is 0 Å². The standard InChI is InChI=1S/C22H26N4O4/c1-13-19(14(2)30-25-13)10-18-4-5-20(29-18)22(28)26-8-6-16(7-9-26)21-17(12-27)11-23-15(3)24-21/h4-5,11,16,27H,6-10,12H2,1-3H3. The number of carbonyl (C=O) groups is 1. The van der Waals surface area contributed by atoms with Crippen LogP contribution in [0.5, 0.6) is 0 Å². The second-order valence-corrected chi connectivity index (χ2v) is 7.80. The molecule has 0 radical (unpaired) electrons. The van der Waals surface area contributed by atoms with Crippen LogP contribution in [-0.2, 0) is 13.0 Å². The molecule has 30 heavy (non-hydrogen) atoms. The Morgan fingerprint density at radius 2 is 2.00 bits per heavy atom. The molecular weight excluding hydrogens is 384 g/mol. The van der Waals surface area contributed by atoms with Crippen molar-refractivity contribution >= 4 is 5.91 Å². The van der Waals surface area contributed by atoms with Crippen molar-refractivity contribution in [2.24, 2.45) is 0 Å². The zero-order valence-electron chi connectivity index (χ0n) is 17.5. The number of nitrogens with zero attached hydrogens (tertiary/aromatic N) is 4. The molecule has 0 atom stereocenters. The molecule has 4 rings (SSSR count). The number of aliphatic hydroxyl groups excluding tert-OH is 1. The fourth-order valence-electron chi connectivity index (χ4n) is 4.02. The maximum atomic E-state index is 12.9. The molecule has 1 N–H and O–H groups in total. The van der Waals surface area contributed by atoms with Gasteiger partial charge in [0.2, 0.25) is 0 Å². The van der Waals surface area contributed by atoms with Gasteiger partial charge in [-0.05, 0) is 45.7 Å². The van der Waals surface area contributed by atoms with Crippen LogP contribution < -0.4 is 0 Å². The summed E-state index contributed by atoms with van der Waals surface area (Å²) in [6.45, 7) is 6.78. The summed E-state index contributed by atoms with van der Waals surface area (Å²) in [7, 11) is 0. The SMILES string of the molecule is Cc1ncc(CO)c(C2CCN(C(=O)c3ccc(Cc4c(C)noc4C)o3)CC2)n1. The molecule has 1 saturated heterocycles. The monoisotopic (exact) mass is 410 g/mol. The number of aryl methyl sites for hydroxylation is 3. The molecular formula is C22H26N4O4. The Morgan fingerprint density at radius 1 is 1.23 bits per heavy atom. The molecule has 1 fully saturated rings. The minimum Gasteiger partial charge on any atom is -0.456 e. The van der Waals surface area contributed by atoms with Gasteiger partial charge in [-0.2, -0.15) is 0 Å². The third kappa shape index (κ3) is 4.00. The van der Waals surface area contributed by atoms with Crippen LogP contribution >= 0.6 is 0 Å². The van der Waals surface area contributed by atoms with Crippen molar-refractivity contribution in [3.63, 3.8) is 0 Å². The van der Waals surface area contributed by atoms with Gasteiger partial charge in [0.1, 0.15) is 17.3 Å². The van der Waals surface area contributed by atoms with E-state index in [1.165, 1.54) is 0 Å². The second-order valence-electron chi connectivity index (χ2n) is 7.80. The molecule has 3 aromatic heterocycles. The second kappa shape index (κ2) is 8.39. The van der Waals surface area contributed by atoms with E-state index >= 15 is 0 Å². The molecule has 0 unspecified atom stereocenters. The Morgan fingerprint density at radius 3 is 2.67 bits per heavy atom. The molecule has 1 amide bonds. The number of aliphatic hydroxyl groups is 1. The van der Waals surface area contributed by atoms with Crippen molar-refractivity contribution in [3.8, 4) is 0 Å². The van der Waals surface area contributed by atoms with Gasteiger partial charge in [0, 0.05) is 42.8 Å². The van der Waals surface area contributed by atoms with Crippen LogP contribution in [0.25, 0.3) is 0 Å². The van der Waals surface area contributed by atoms with Crippen molar-refractivity contribution in [2.45, 2.75) is 52.6 Å². The molecule has 8 heteroatoms. The lowest BCUT2D eigenvalue weighted by molar-refractivity contribution is 0.0677. The third-order valence-electron chi connectivity index (χ3n) is 5.76. The van der Waals surface area contributed by atoms with Crippen molar-refractivity contribution in [2.75, 3.05) is 13.1 Å². The summed E-state index contributed by atoms with van der Waals surface area (Å²) in [6.07, 6.45) is 3.83. The Hall–Kier alpha value is -3.00. The van der Waals surface area contributed by atoms with Crippen LogP contribution in [0.15, 0.2) is 27.3 Å². The number of aromatic nitrogens is 3. The first-order valence-electron chi connectivity index (χ1n) is 10.2. The van der Waals surface area contributed by atoms with E-state index in [1.807, 2.05) is 31.7 Å². The number of furan rings is 1. The number of hydrogen-bond acceptors (Lipinski definition) is 7. The number of rotatable bonds is 5. The van der Waals surface area contributed by atoms with E-state index in [1.54, 1.807) is 12.3 Å². The molecule has 1 aliphatic heterocycles. The summed E-state index contributed by atoms with van der Waals surface area (Å²) in [5, 5.41) is 13.6. The van der Waals surface area contributed by atoms with E-state index in [9.17, 15) is 9.90 Å². The van der Waals surface area contributed by atoms with Crippen LogP contribution in [0.1, 0.15) is 69.2 Å². The lowest BCUT2D eigenvalue weighted by Crippen LogP contribution is -2.38. The Balaban J connectivity index is 1.40. The van der Waals surface area contributed by atoms with E-state index in [-0.39, 0.29) is 18.4 Å². The average molecular weight is 410 g/mol. The zero-order valence-corrected chi connectivity index (χ0v) is 17.5. The molecule has 0 spiro atoms. The molecule has 4 heterocycles. The van der Waals surface area contributed by atoms with Crippen LogP contribution in [0.3, 0.4) is 0 Å². The highest BCUT2D eigenvalue weighted by Crippen LogP contribution is 2.30. The van der Waals surface area contributed by atoms with E-state index in [0.717, 1.165) is 41.1 Å². The number of amides is 1. The fourth-order valence-corrected chi connectivity index (χ4v) is 4.02. The Labute approximate surface area is 174 Å². The average Bonchev–Trinajstić information content (AvgIpc) is 3.35. The molecule has 158 valence electrons. The van der Waals surface area contributed by atoms with Gasteiger partial charge < -0.3 is 18.9 Å². The van der Waals surface area contributed by atoms with E-state index in [0.29, 0.717) is 36.9 Å². The smallest absolute Gasteiger partial charge is 0.289 e. The summed E-state index contributed by atoms with van der Waals surface area (Å²) in [6, 6.07) is 3.57. The molecule has 8 nitrogen and oxygen atoms in total. The van der Waals surface area contributed by atoms with E-state index in [4.69, 9.17) is 8.94 Å². The van der Waals surface area contributed by atoms with Crippen molar-refractivity contribution < 1.29 is 18.8 Å². The summed E-state index contributed by atoms with van der Waals surface area (Å²) < 4.78 is 11.0. The predicted molar refractivity (Wildman–Crippen MR) is 108 cm³/mol. The van der Waals surface area contributed by atoms with Gasteiger partial charge in [0.05, 0.1) is 18.0 Å². The third-order valence-corrected chi connectivity index (χ3v) is 5.76. The summed E-state index contributed by atoms with van der Waals surface area (Å²) in [4.78, 5) is 23.4. The summed E-state index contributed by atoms with van der Waals surface area (Å²) in [5.74, 6) is 2.64. The Bertz CT molecular complexity index is 1030. The van der Waals surface area contributed by atoms with Gasteiger partial charge in [0.25, 0.3) is 5.91 Å². The highest BCUT2D eigenvalue weighted by Gasteiger charge is 2.28. The van der Waals surface area contributed by atoms with Crippen LogP contribution in [-0.4, -0.2) is 44.1 Å². The molecule has 0 aliphatic carbocycles. The summed E-state index contributed by atoms with van der Waals surface area (Å²) in [5.41, 5.74) is 3.49. The predicted octanol–water partition coefficient (Wildman–Crippen LogP) is 3.09. The maximum Gasteiger partial charge on any atom is 0.289 e. The fraction of sp³-hybridized carbons (Fsp3) is 0.455. The minimum atomic E-state index is -0.0975. The molecule has 3 aromatic rings. The van der Waals surface area contributed by atoms with Gasteiger partial charge in [-0.25, -0.2) is 9.97 Å². The number of piperidine rings is 1. The van der Waals surface area contributed by atoms with Crippen molar-refractivity contribution in [3.05, 3.63) is 63.9 Å². The molecule has 0 aromatic carbocycles. The van der Waals surface area contributed by atoms with Gasteiger partial charge in [-0.15, -0.1) is 0 Å². The van der Waals surface area contributed by atoms with Crippen molar-refractivity contribution in [1.29, 1.82) is 0 Å². The zero-order chi connectivity index (χ0) is 21.3. The lowest BCUT2D eigenvalue weighted by Gasteiger charge is -2.31. The van der Waals surface area contributed by atoms with Gasteiger partial charge in [-0.1, -0.05) is 5.16 Å². The maximum absolute atomic E-state index is 12.9. The highest BCUT2D eigenvalue weighted by atomic mass is 16.5. The number of carbonyl (C=O) groups excluding carboxylic acids is 1. The lowest BCUT2D eigenvalue weighted by atomic mass is 9.91. The highest BCUT2D eigenvalue weighted by molar-refractivity contribution is 5.91. The van der Waals surface area contributed by atoms with E-state index in [2.05, 4.69) is 15.1 Å². The molecule has 0 saturated carbocycles. The van der Waals surface area contributed by atoms with Crippen LogP contribution in [0.4, 0.5) is 0 Å². The molecule has 0 bridgehead atoms. The van der Waals surface area contributed by atoms with Gasteiger partial charge in [-0.3, -0.25) is 4.79 Å². The van der Waals surface area contributed by atoms with E-state index < -0.39 is 0 Å². The first-order valence-corrected chi connectivity index (χ1v) is 10.2. The normalized spacial score (nSPS) is 15.0. The summed E-state index contributed by atoms with van der Waals surface area (Å²) >= 11 is 0. The first kappa shape index (κ1) is 20.3. The quantitative estimate of drug-likeness (QED) is 0.689. The van der Waals surface area contributed by atoms with Crippen molar-refractivity contribution in [1.82, 2.24) is 20.0 Å². The van der Waals surface area contributed by atoms with Crippen LogP contribution in [0, 0.1) is 20.8 Å².